The van der Waals surface area contributed by atoms with Gasteiger partial charge in [0.05, 0.1) is 11.6 Å². The molecule has 1 atom stereocenters. The summed E-state index contributed by atoms with van der Waals surface area (Å²) in [6, 6.07) is 19.6. The molecule has 0 heterocycles. The molecule has 1 fully saturated rings. The van der Waals surface area contributed by atoms with Crippen molar-refractivity contribution in [3.05, 3.63) is 88.2 Å². The lowest BCUT2D eigenvalue weighted by molar-refractivity contribution is -0.122. The molecular formula is C27H24FNO3. The number of nitriles is 1. The van der Waals surface area contributed by atoms with E-state index >= 15 is 0 Å². The van der Waals surface area contributed by atoms with Crippen molar-refractivity contribution in [3.8, 4) is 22.9 Å². The maximum atomic E-state index is 14.8. The van der Waals surface area contributed by atoms with Gasteiger partial charge in [-0.05, 0) is 90.6 Å². The minimum absolute atomic E-state index is 0.213. The molecule has 5 rings (SSSR count). The average Bonchev–Trinajstić information content (AvgIpc) is 3.56. The molecule has 2 aliphatic rings. The van der Waals surface area contributed by atoms with Gasteiger partial charge in [0.25, 0.3) is 6.47 Å². The number of ether oxygens (including phenoxy) is 1. The van der Waals surface area contributed by atoms with Gasteiger partial charge in [-0.15, -0.1) is 0 Å². The number of halogens is 1. The average molecular weight is 429 g/mol. The number of carboxylic acid groups (broad SMARTS) is 1. The van der Waals surface area contributed by atoms with Crippen LogP contribution in [0.3, 0.4) is 0 Å². The largest absolute Gasteiger partial charge is 0.486 e. The normalized spacial score (nSPS) is 16.3. The molecule has 4 nitrogen and oxygen atoms in total. The molecule has 0 spiro atoms. The third-order valence-corrected chi connectivity index (χ3v) is 6.23. The van der Waals surface area contributed by atoms with E-state index in [1.807, 2.05) is 43.3 Å². The minimum Gasteiger partial charge on any atom is -0.486 e. The lowest BCUT2D eigenvalue weighted by Crippen LogP contribution is -2.06. The fourth-order valence-corrected chi connectivity index (χ4v) is 4.49. The number of nitrogens with zero attached hydrogens (tertiary/aromatic N) is 1. The lowest BCUT2D eigenvalue weighted by Gasteiger charge is -2.17. The Kier molecular flexibility index (Phi) is 6.23. The topological polar surface area (TPSA) is 70.3 Å². The molecule has 32 heavy (non-hydrogen) atoms. The fourth-order valence-electron chi connectivity index (χ4n) is 4.49. The van der Waals surface area contributed by atoms with Crippen LogP contribution >= 0.6 is 0 Å². The van der Waals surface area contributed by atoms with Crippen LogP contribution in [0.4, 0.5) is 4.39 Å². The molecule has 3 aromatic rings. The van der Waals surface area contributed by atoms with Crippen LogP contribution in [0.15, 0.2) is 54.6 Å². The van der Waals surface area contributed by atoms with Crippen LogP contribution in [0.2, 0.25) is 0 Å². The third kappa shape index (κ3) is 4.22. The maximum absolute atomic E-state index is 14.8. The summed E-state index contributed by atoms with van der Waals surface area (Å²) in [7, 11) is 0. The zero-order chi connectivity index (χ0) is 22.7. The standard InChI is InChI=1S/C26H22FNO.CH2O2/c1-16-19(15-28)3-2-4-21(16)22-11-13-24(27)26-23(22)12-14-25(26)29-20-9-7-18(8-10-20)17-5-6-17;2-1-3/h2-4,7-11,13,17,25H,5-6,12,14H2,1H3;1H,(H,2,3). The van der Waals surface area contributed by atoms with Gasteiger partial charge in [-0.1, -0.05) is 30.3 Å². The number of carbonyl (C=O) groups is 1. The van der Waals surface area contributed by atoms with Gasteiger partial charge < -0.3 is 9.84 Å². The summed E-state index contributed by atoms with van der Waals surface area (Å²) in [6.07, 6.45) is 3.79. The minimum atomic E-state index is -0.281. The van der Waals surface area contributed by atoms with Crippen molar-refractivity contribution in [3.63, 3.8) is 0 Å². The molecular weight excluding hydrogens is 405 g/mol. The molecule has 0 radical (unpaired) electrons. The van der Waals surface area contributed by atoms with Gasteiger partial charge >= 0.3 is 0 Å². The molecule has 1 saturated carbocycles. The summed E-state index contributed by atoms with van der Waals surface area (Å²) >= 11 is 0. The van der Waals surface area contributed by atoms with E-state index in [9.17, 15) is 9.65 Å². The Balaban J connectivity index is 0.000000775. The lowest BCUT2D eigenvalue weighted by atomic mass is 9.91. The van der Waals surface area contributed by atoms with Crippen molar-refractivity contribution in [2.75, 3.05) is 0 Å². The first kappa shape index (κ1) is 21.6. The Morgan fingerprint density at radius 2 is 1.78 bits per heavy atom. The monoisotopic (exact) mass is 429 g/mol. The van der Waals surface area contributed by atoms with Gasteiger partial charge in [0.1, 0.15) is 17.7 Å². The maximum Gasteiger partial charge on any atom is 0.290 e. The van der Waals surface area contributed by atoms with Crippen LogP contribution in [0.5, 0.6) is 5.75 Å². The van der Waals surface area contributed by atoms with E-state index in [1.54, 1.807) is 0 Å². The molecule has 0 aliphatic heterocycles. The zero-order valence-corrected chi connectivity index (χ0v) is 17.8. The molecule has 0 saturated heterocycles. The van der Waals surface area contributed by atoms with Crippen LogP contribution in [0, 0.1) is 24.1 Å². The van der Waals surface area contributed by atoms with Crippen molar-refractivity contribution in [2.45, 2.75) is 44.6 Å². The third-order valence-electron chi connectivity index (χ3n) is 6.23. The Hall–Kier alpha value is -3.65. The first-order valence-electron chi connectivity index (χ1n) is 10.7. The molecule has 162 valence electrons. The van der Waals surface area contributed by atoms with Gasteiger partial charge in [-0.2, -0.15) is 5.26 Å². The summed E-state index contributed by atoms with van der Waals surface area (Å²) in [5.41, 5.74) is 6.62. The van der Waals surface area contributed by atoms with E-state index in [2.05, 4.69) is 18.2 Å². The summed E-state index contributed by atoms with van der Waals surface area (Å²) < 4.78 is 21.0. The Morgan fingerprint density at radius 1 is 1.06 bits per heavy atom. The van der Waals surface area contributed by atoms with Crippen molar-refractivity contribution < 1.29 is 19.0 Å². The smallest absolute Gasteiger partial charge is 0.290 e. The molecule has 0 aromatic heterocycles. The summed E-state index contributed by atoms with van der Waals surface area (Å²) in [6.45, 7) is 1.70. The second kappa shape index (κ2) is 9.23. The SMILES string of the molecule is Cc1c(C#N)cccc1-c1ccc(F)c2c1CCC2Oc1ccc(C2CC2)cc1.O=CO. The Labute approximate surface area is 186 Å². The quantitative estimate of drug-likeness (QED) is 0.493. The highest BCUT2D eigenvalue weighted by atomic mass is 19.1. The second-order valence-corrected chi connectivity index (χ2v) is 8.17. The van der Waals surface area contributed by atoms with Crippen molar-refractivity contribution in [2.24, 2.45) is 0 Å². The van der Waals surface area contributed by atoms with Crippen molar-refractivity contribution in [1.29, 1.82) is 5.26 Å². The summed E-state index contributed by atoms with van der Waals surface area (Å²) in [4.78, 5) is 8.36. The number of hydrogen-bond acceptors (Lipinski definition) is 3. The second-order valence-electron chi connectivity index (χ2n) is 8.17. The van der Waals surface area contributed by atoms with Crippen LogP contribution in [-0.4, -0.2) is 11.6 Å². The molecule has 0 bridgehead atoms. The zero-order valence-electron chi connectivity index (χ0n) is 17.8. The Morgan fingerprint density at radius 3 is 2.44 bits per heavy atom. The van der Waals surface area contributed by atoms with E-state index in [0.29, 0.717) is 17.0 Å². The highest BCUT2D eigenvalue weighted by Crippen LogP contribution is 2.43. The predicted molar refractivity (Wildman–Crippen MR) is 120 cm³/mol. The Bertz CT molecular complexity index is 1180. The molecule has 2 aliphatic carbocycles. The van der Waals surface area contributed by atoms with Gasteiger partial charge in [-0.25, -0.2) is 4.39 Å². The van der Waals surface area contributed by atoms with Crippen molar-refractivity contribution >= 4 is 6.47 Å². The van der Waals surface area contributed by atoms with E-state index in [-0.39, 0.29) is 18.4 Å². The van der Waals surface area contributed by atoms with Crippen LogP contribution in [-0.2, 0) is 11.2 Å². The van der Waals surface area contributed by atoms with E-state index in [1.165, 1.54) is 24.5 Å². The van der Waals surface area contributed by atoms with E-state index in [0.717, 1.165) is 40.8 Å². The van der Waals surface area contributed by atoms with Crippen LogP contribution < -0.4 is 4.74 Å². The number of benzene rings is 3. The molecule has 1 N–H and O–H groups in total. The van der Waals surface area contributed by atoms with Crippen LogP contribution in [0.25, 0.3) is 11.1 Å². The fraction of sp³-hybridized carbons (Fsp3) is 0.259. The number of hydrogen-bond donors (Lipinski definition) is 1. The first-order chi connectivity index (χ1) is 15.6. The number of fused-ring (bicyclic) bond motifs is 1. The van der Waals surface area contributed by atoms with Gasteiger partial charge in [0.2, 0.25) is 0 Å². The number of rotatable bonds is 4. The molecule has 0 amide bonds. The van der Waals surface area contributed by atoms with Gasteiger partial charge in [0, 0.05) is 5.56 Å². The predicted octanol–water partition coefficient (Wildman–Crippen LogP) is 6.32. The van der Waals surface area contributed by atoms with E-state index < -0.39 is 0 Å². The van der Waals surface area contributed by atoms with E-state index in [4.69, 9.17) is 14.6 Å². The van der Waals surface area contributed by atoms with Crippen molar-refractivity contribution in [1.82, 2.24) is 0 Å². The van der Waals surface area contributed by atoms with Gasteiger partial charge in [0.15, 0.2) is 0 Å². The van der Waals surface area contributed by atoms with Gasteiger partial charge in [-0.3, -0.25) is 4.79 Å². The van der Waals surface area contributed by atoms with Crippen LogP contribution in [0.1, 0.15) is 59.1 Å². The summed E-state index contributed by atoms with van der Waals surface area (Å²) in [5, 5.41) is 16.2. The first-order valence-corrected chi connectivity index (χ1v) is 10.7. The highest BCUT2D eigenvalue weighted by Gasteiger charge is 2.31. The molecule has 5 heteroatoms. The highest BCUT2D eigenvalue weighted by molar-refractivity contribution is 5.74. The molecule has 3 aromatic carbocycles. The summed E-state index contributed by atoms with van der Waals surface area (Å²) in [5.74, 6) is 1.29. The molecule has 1 unspecified atom stereocenters.